The Bertz CT molecular complexity index is 1850. The van der Waals surface area contributed by atoms with Crippen molar-refractivity contribution in [1.82, 2.24) is 19.4 Å². The van der Waals surface area contributed by atoms with Crippen LogP contribution in [0.1, 0.15) is 31.9 Å². The molecule has 5 aromatic rings. The summed E-state index contributed by atoms with van der Waals surface area (Å²) in [4.78, 5) is 9.30. The van der Waals surface area contributed by atoms with Crippen molar-refractivity contribution < 1.29 is 4.74 Å². The molecule has 0 bridgehead atoms. The van der Waals surface area contributed by atoms with Crippen LogP contribution in [0.2, 0.25) is 0 Å². The summed E-state index contributed by atoms with van der Waals surface area (Å²) in [5, 5.41) is 2.37. The van der Waals surface area contributed by atoms with E-state index in [-0.39, 0.29) is 11.6 Å². The first-order valence-corrected chi connectivity index (χ1v) is 13.7. The number of ether oxygens (including phenoxy) is 1. The molecule has 1 atom stereocenters. The molecule has 2 aliphatic rings. The third-order valence-corrected chi connectivity index (χ3v) is 7.86. The van der Waals surface area contributed by atoms with Gasteiger partial charge in [-0.05, 0) is 65.6 Å². The lowest BCUT2D eigenvalue weighted by atomic mass is 9.88. The number of hydrogen-bond acceptors (Lipinski definition) is 4. The van der Waals surface area contributed by atoms with Crippen LogP contribution >= 0.6 is 0 Å². The summed E-state index contributed by atoms with van der Waals surface area (Å²) in [6.07, 6.45) is 12.8. The first-order valence-electron chi connectivity index (χ1n) is 13.7. The molecule has 0 saturated carbocycles. The molecule has 4 heterocycles. The Hall–Kier alpha value is -4.77. The van der Waals surface area contributed by atoms with Gasteiger partial charge in [0.1, 0.15) is 23.5 Å². The molecule has 40 heavy (non-hydrogen) atoms. The van der Waals surface area contributed by atoms with Crippen molar-refractivity contribution in [3.8, 4) is 17.3 Å². The van der Waals surface area contributed by atoms with Crippen LogP contribution in [0.5, 0.6) is 11.5 Å². The average Bonchev–Trinajstić information content (AvgIpc) is 3.47. The van der Waals surface area contributed by atoms with Crippen LogP contribution in [0.3, 0.4) is 0 Å². The Kier molecular flexibility index (Phi) is 5.56. The number of nitrogens with zero attached hydrogens (tertiary/aromatic N) is 4. The van der Waals surface area contributed by atoms with Gasteiger partial charge in [-0.15, -0.1) is 0 Å². The van der Waals surface area contributed by atoms with Crippen molar-refractivity contribution >= 4 is 27.5 Å². The van der Waals surface area contributed by atoms with Gasteiger partial charge in [0.15, 0.2) is 0 Å². The highest BCUT2D eigenvalue weighted by atomic mass is 16.5. The van der Waals surface area contributed by atoms with Crippen LogP contribution in [0.15, 0.2) is 116 Å². The monoisotopic (exact) mass is 524 g/mol. The predicted molar refractivity (Wildman–Crippen MR) is 163 cm³/mol. The van der Waals surface area contributed by atoms with Crippen LogP contribution in [-0.4, -0.2) is 32.6 Å². The number of rotatable bonds is 4. The number of likely N-dealkylation sites (N-methyl/N-ethyl adjacent to an activating group) is 1. The van der Waals surface area contributed by atoms with Crippen LogP contribution in [-0.2, 0) is 5.41 Å². The van der Waals surface area contributed by atoms with Gasteiger partial charge < -0.3 is 14.5 Å². The molecule has 5 heteroatoms. The third-order valence-electron chi connectivity index (χ3n) is 7.86. The van der Waals surface area contributed by atoms with E-state index < -0.39 is 0 Å². The normalized spacial score (nSPS) is 16.6. The lowest BCUT2D eigenvalue weighted by molar-refractivity contribution is 0.284. The lowest BCUT2D eigenvalue weighted by Gasteiger charge is -2.28. The first kappa shape index (κ1) is 24.3. The zero-order valence-electron chi connectivity index (χ0n) is 23.2. The Morgan fingerprint density at radius 3 is 2.48 bits per heavy atom. The molecule has 0 radical (unpaired) electrons. The second kappa shape index (κ2) is 9.16. The summed E-state index contributed by atoms with van der Waals surface area (Å²) in [7, 11) is 2.13. The standard InChI is InChI=1S/C35H32N4O/c1-35(2,3)25-17-18-36-33(21-25)39-30-13-6-5-12-28(30)29-16-15-27(22-31(29)39)40-26-11-9-10-24(20-26)32-23-38-19-8-7-14-34(38)37(32)4/h5-23,34H,1-4H3. The smallest absolute Gasteiger partial charge is 0.137 e. The van der Waals surface area contributed by atoms with Crippen LogP contribution in [0, 0.1) is 0 Å². The zero-order valence-corrected chi connectivity index (χ0v) is 23.2. The zero-order chi connectivity index (χ0) is 27.4. The molecule has 2 aliphatic heterocycles. The number of hydrogen-bond donors (Lipinski definition) is 0. The highest BCUT2D eigenvalue weighted by Gasteiger charge is 2.28. The maximum absolute atomic E-state index is 6.48. The number of aromatic nitrogens is 2. The van der Waals surface area contributed by atoms with E-state index in [1.807, 2.05) is 12.3 Å². The minimum Gasteiger partial charge on any atom is -0.457 e. The molecule has 1 unspecified atom stereocenters. The fourth-order valence-corrected chi connectivity index (χ4v) is 5.72. The van der Waals surface area contributed by atoms with Gasteiger partial charge in [-0.25, -0.2) is 4.98 Å². The van der Waals surface area contributed by atoms with Gasteiger partial charge in [0.2, 0.25) is 0 Å². The molecular weight excluding hydrogens is 492 g/mol. The molecule has 7 rings (SSSR count). The van der Waals surface area contributed by atoms with Gasteiger partial charge >= 0.3 is 0 Å². The third kappa shape index (κ3) is 4.06. The minimum absolute atomic E-state index is 0.0277. The van der Waals surface area contributed by atoms with Crippen molar-refractivity contribution in [3.63, 3.8) is 0 Å². The van der Waals surface area contributed by atoms with Gasteiger partial charge in [0, 0.05) is 48.0 Å². The Balaban J connectivity index is 1.29. The number of pyridine rings is 1. The highest BCUT2D eigenvalue weighted by molar-refractivity contribution is 6.09. The van der Waals surface area contributed by atoms with E-state index in [9.17, 15) is 0 Å². The Morgan fingerprint density at radius 1 is 0.800 bits per heavy atom. The maximum Gasteiger partial charge on any atom is 0.137 e. The van der Waals surface area contributed by atoms with Gasteiger partial charge in [-0.2, -0.15) is 0 Å². The van der Waals surface area contributed by atoms with E-state index in [1.54, 1.807) is 0 Å². The van der Waals surface area contributed by atoms with E-state index in [1.165, 1.54) is 16.3 Å². The molecule has 0 fully saturated rings. The lowest BCUT2D eigenvalue weighted by Crippen LogP contribution is -2.33. The van der Waals surface area contributed by atoms with Gasteiger partial charge in [-0.1, -0.05) is 57.2 Å². The molecule has 0 spiro atoms. The fourth-order valence-electron chi connectivity index (χ4n) is 5.72. The van der Waals surface area contributed by atoms with E-state index in [2.05, 4.69) is 146 Å². The van der Waals surface area contributed by atoms with Crippen molar-refractivity contribution in [3.05, 3.63) is 127 Å². The maximum atomic E-state index is 6.48. The van der Waals surface area contributed by atoms with Crippen molar-refractivity contribution in [2.45, 2.75) is 32.4 Å². The Labute approximate surface area is 234 Å². The summed E-state index contributed by atoms with van der Waals surface area (Å²) in [6.45, 7) is 6.70. The minimum atomic E-state index is 0.0277. The van der Waals surface area contributed by atoms with Gasteiger partial charge in [0.05, 0.1) is 16.7 Å². The summed E-state index contributed by atoms with van der Waals surface area (Å²) in [5.74, 6) is 2.50. The van der Waals surface area contributed by atoms with Crippen molar-refractivity contribution in [2.24, 2.45) is 0 Å². The molecule has 0 amide bonds. The van der Waals surface area contributed by atoms with E-state index in [0.717, 1.165) is 39.6 Å². The Morgan fingerprint density at radius 2 is 1.62 bits per heavy atom. The van der Waals surface area contributed by atoms with Crippen LogP contribution in [0.25, 0.3) is 33.3 Å². The van der Waals surface area contributed by atoms with E-state index >= 15 is 0 Å². The van der Waals surface area contributed by atoms with E-state index in [4.69, 9.17) is 9.72 Å². The SMILES string of the molecule is CN1C(c2cccc(Oc3ccc4c5ccccc5n(-c5cc(C(C)(C)C)ccn5)c4c3)c2)=CN2C=CC=CC21. The molecule has 0 aliphatic carbocycles. The molecule has 0 N–H and O–H groups in total. The molecule has 2 aromatic heterocycles. The molecule has 0 saturated heterocycles. The topological polar surface area (TPSA) is 33.5 Å². The largest absolute Gasteiger partial charge is 0.457 e. The fraction of sp³-hybridized carbons (Fsp3) is 0.171. The van der Waals surface area contributed by atoms with E-state index in [0.29, 0.717) is 0 Å². The predicted octanol–water partition coefficient (Wildman–Crippen LogP) is 8.22. The quantitative estimate of drug-likeness (QED) is 0.237. The number of fused-ring (bicyclic) bond motifs is 4. The molecular formula is C35H32N4O. The molecule has 198 valence electrons. The summed E-state index contributed by atoms with van der Waals surface area (Å²) in [5.41, 5.74) is 5.76. The summed E-state index contributed by atoms with van der Waals surface area (Å²) < 4.78 is 8.73. The average molecular weight is 525 g/mol. The second-order valence-electron chi connectivity index (χ2n) is 11.5. The summed E-state index contributed by atoms with van der Waals surface area (Å²) >= 11 is 0. The number of allylic oxidation sites excluding steroid dienone is 2. The van der Waals surface area contributed by atoms with Crippen molar-refractivity contribution in [2.75, 3.05) is 7.05 Å². The number of para-hydroxylation sites is 1. The highest BCUT2D eigenvalue weighted by Crippen LogP contribution is 2.37. The summed E-state index contributed by atoms with van der Waals surface area (Å²) in [6, 6.07) is 27.5. The van der Waals surface area contributed by atoms with Crippen molar-refractivity contribution in [1.29, 1.82) is 0 Å². The molecule has 5 nitrogen and oxygen atoms in total. The molecule has 3 aromatic carbocycles. The number of benzene rings is 3. The van der Waals surface area contributed by atoms with Crippen LogP contribution < -0.4 is 4.74 Å². The van der Waals surface area contributed by atoms with Crippen LogP contribution in [0.4, 0.5) is 0 Å². The van der Waals surface area contributed by atoms with Gasteiger partial charge in [0.25, 0.3) is 0 Å². The van der Waals surface area contributed by atoms with Gasteiger partial charge in [-0.3, -0.25) is 4.57 Å². The first-order chi connectivity index (χ1) is 19.4. The second-order valence-corrected chi connectivity index (χ2v) is 11.5.